The molecule has 0 aliphatic heterocycles. The quantitative estimate of drug-likeness (QED) is 0.114. The van der Waals surface area contributed by atoms with Gasteiger partial charge in [0.1, 0.15) is 0 Å². The zero-order valence-electron chi connectivity index (χ0n) is 19.4. The second kappa shape index (κ2) is 22.7. The van der Waals surface area contributed by atoms with Gasteiger partial charge in [-0.2, -0.15) is 0 Å². The predicted molar refractivity (Wildman–Crippen MR) is 194 cm³/mol. The summed E-state index contributed by atoms with van der Waals surface area (Å²) >= 11 is 17.0. The number of rotatable bonds is 10. The van der Waals surface area contributed by atoms with Crippen molar-refractivity contribution in [3.05, 3.63) is 56.8 Å². The summed E-state index contributed by atoms with van der Waals surface area (Å²) in [6, 6.07) is 8.39. The maximum atomic E-state index is 8.96. The molecule has 13 heteroatoms. The number of hydrogen-bond donors (Lipinski definition) is 1. The zero-order chi connectivity index (χ0) is 27.0. The molecule has 2 aromatic carbocycles. The van der Waals surface area contributed by atoms with E-state index in [9.17, 15) is 0 Å². The van der Waals surface area contributed by atoms with Crippen LogP contribution in [0.2, 0.25) is 0 Å². The monoisotopic (exact) mass is 1230 g/mol. The number of aliphatic hydroxyl groups excluding tert-OH is 1. The first kappa shape index (κ1) is 38.1. The van der Waals surface area contributed by atoms with Gasteiger partial charge in [-0.1, -0.05) is 15.9 Å². The first-order chi connectivity index (χ1) is 16.6. The normalized spacial score (nSPS) is 10.7. The van der Waals surface area contributed by atoms with Gasteiger partial charge in [0.15, 0.2) is 12.6 Å². The zero-order valence-corrected chi connectivity index (χ0v) is 34.0. The molecule has 0 radical (unpaired) electrons. The van der Waals surface area contributed by atoms with Crippen molar-refractivity contribution in [2.45, 2.75) is 25.8 Å². The smallest absolute Gasteiger partial charge is 0.180 e. The molecule has 2 aromatic rings. The molecule has 2 rings (SSSR count). The van der Waals surface area contributed by atoms with E-state index in [1.165, 1.54) is 23.4 Å². The minimum atomic E-state index is -0.297. The molecule has 0 saturated heterocycles. The molecule has 0 bridgehead atoms. The van der Waals surface area contributed by atoms with Crippen LogP contribution in [0.1, 0.15) is 11.1 Å². The van der Waals surface area contributed by atoms with Gasteiger partial charge in [0, 0.05) is 49.9 Å². The number of ether oxygens (including phenoxy) is 5. The molecule has 0 spiro atoms. The summed E-state index contributed by atoms with van der Waals surface area (Å²) in [6.45, 7) is 1.14. The molecule has 35 heavy (non-hydrogen) atoms. The Morgan fingerprint density at radius 1 is 0.714 bits per heavy atom. The van der Waals surface area contributed by atoms with Crippen LogP contribution in [-0.4, -0.2) is 58.1 Å². The van der Waals surface area contributed by atoms with Gasteiger partial charge in [0.05, 0.1) is 25.2 Å². The van der Waals surface area contributed by atoms with Crippen LogP contribution < -0.4 is 0 Å². The van der Waals surface area contributed by atoms with E-state index in [4.69, 9.17) is 28.8 Å². The Bertz CT molecular complexity index is 863. The molecule has 1 N–H and O–H groups in total. The molecule has 0 saturated carbocycles. The van der Waals surface area contributed by atoms with Crippen LogP contribution in [0, 0.1) is 21.4 Å². The van der Waals surface area contributed by atoms with Crippen molar-refractivity contribution in [1.29, 1.82) is 0 Å². The van der Waals surface area contributed by atoms with E-state index < -0.39 is 0 Å². The Kier molecular flexibility index (Phi) is 24.7. The van der Waals surface area contributed by atoms with Gasteiger partial charge < -0.3 is 28.8 Å². The molecular weight excluding hydrogens is 1200 g/mol. The van der Waals surface area contributed by atoms with Crippen molar-refractivity contribution >= 4 is 151 Å². The van der Waals surface area contributed by atoms with Crippen LogP contribution in [0.4, 0.5) is 0 Å². The van der Waals surface area contributed by atoms with Crippen molar-refractivity contribution < 1.29 is 28.8 Å². The summed E-state index contributed by atoms with van der Waals surface area (Å²) in [5.74, 6) is 0. The van der Waals surface area contributed by atoms with Crippen molar-refractivity contribution in [2.24, 2.45) is 0 Å². The maximum absolute atomic E-state index is 8.96. The molecule has 0 fully saturated rings. The molecular formula is C22H27BrI6O6. The summed E-state index contributed by atoms with van der Waals surface area (Å²) in [5.41, 5.74) is 2.22. The van der Waals surface area contributed by atoms with E-state index in [2.05, 4.69) is 170 Å². The third-order valence-electron chi connectivity index (χ3n) is 4.00. The molecule has 0 aliphatic rings. The van der Waals surface area contributed by atoms with Crippen LogP contribution in [-0.2, 0) is 36.9 Å². The van der Waals surface area contributed by atoms with Crippen LogP contribution in [0.25, 0.3) is 0 Å². The van der Waals surface area contributed by atoms with Crippen LogP contribution in [0.15, 0.2) is 24.3 Å². The molecule has 200 valence electrons. The first-order valence-electron chi connectivity index (χ1n) is 9.70. The van der Waals surface area contributed by atoms with Gasteiger partial charge in [-0.15, -0.1) is 0 Å². The molecule has 6 nitrogen and oxygen atoms in total. The molecule has 0 heterocycles. The Morgan fingerprint density at radius 3 is 1.51 bits per heavy atom. The fourth-order valence-electron chi connectivity index (χ4n) is 2.16. The molecule has 0 aliphatic carbocycles. The SMILES string of the molecule is COC(CBr)OC.COC(COCc1cc(I)cc(I)c1I)OC.OCc1cc(I)cc(I)c1I. The third kappa shape index (κ3) is 16.2. The molecule has 0 aromatic heterocycles. The van der Waals surface area contributed by atoms with E-state index in [1.54, 1.807) is 28.4 Å². The van der Waals surface area contributed by atoms with Gasteiger partial charge >= 0.3 is 0 Å². The summed E-state index contributed by atoms with van der Waals surface area (Å²) in [6.07, 6.45) is -0.394. The summed E-state index contributed by atoms with van der Waals surface area (Å²) in [5, 5.41) is 9.68. The van der Waals surface area contributed by atoms with Crippen LogP contribution >= 0.6 is 151 Å². The van der Waals surface area contributed by atoms with Gasteiger partial charge in [-0.05, 0) is 171 Å². The largest absolute Gasteiger partial charge is 0.392 e. The minimum absolute atomic E-state index is 0.0972. The number of aliphatic hydroxyl groups is 1. The highest BCUT2D eigenvalue weighted by atomic mass is 127. The van der Waals surface area contributed by atoms with Gasteiger partial charge in [0.2, 0.25) is 0 Å². The van der Waals surface area contributed by atoms with Gasteiger partial charge in [-0.3, -0.25) is 0 Å². The Balaban J connectivity index is 0.000000550. The minimum Gasteiger partial charge on any atom is -0.392 e. The highest BCUT2D eigenvalue weighted by Crippen LogP contribution is 2.24. The lowest BCUT2D eigenvalue weighted by atomic mass is 10.2. The van der Waals surface area contributed by atoms with E-state index in [0.29, 0.717) is 13.2 Å². The fraction of sp³-hybridized carbons (Fsp3) is 0.455. The van der Waals surface area contributed by atoms with Crippen LogP contribution in [0.5, 0.6) is 0 Å². The molecule has 0 amide bonds. The molecule has 0 atom stereocenters. The van der Waals surface area contributed by atoms with Crippen molar-refractivity contribution in [2.75, 3.05) is 40.4 Å². The lowest BCUT2D eigenvalue weighted by Crippen LogP contribution is -2.20. The Hall–Kier alpha value is 3.06. The lowest BCUT2D eigenvalue weighted by Gasteiger charge is -2.14. The van der Waals surface area contributed by atoms with Crippen molar-refractivity contribution in [1.82, 2.24) is 0 Å². The number of benzene rings is 2. The summed E-state index contributed by atoms with van der Waals surface area (Å²) in [7, 11) is 6.43. The highest BCUT2D eigenvalue weighted by Gasteiger charge is 2.09. The number of alkyl halides is 1. The fourth-order valence-corrected chi connectivity index (χ4v) is 7.57. The predicted octanol–water partition coefficient (Wildman–Crippen LogP) is 7.63. The third-order valence-corrected chi connectivity index (χ3v) is 12.1. The highest BCUT2D eigenvalue weighted by molar-refractivity contribution is 14.1. The van der Waals surface area contributed by atoms with E-state index in [0.717, 1.165) is 14.5 Å². The first-order valence-corrected chi connectivity index (χ1v) is 17.3. The maximum Gasteiger partial charge on any atom is 0.180 e. The van der Waals surface area contributed by atoms with Crippen molar-refractivity contribution in [3.8, 4) is 0 Å². The van der Waals surface area contributed by atoms with E-state index >= 15 is 0 Å². The Morgan fingerprint density at radius 2 is 1.14 bits per heavy atom. The number of methoxy groups -OCH3 is 4. The molecule has 0 unspecified atom stereocenters. The topological polar surface area (TPSA) is 66.4 Å². The second-order valence-corrected chi connectivity index (χ2v) is 14.0. The summed E-state index contributed by atoms with van der Waals surface area (Å²) < 4.78 is 32.5. The lowest BCUT2D eigenvalue weighted by molar-refractivity contribution is -0.142. The summed E-state index contributed by atoms with van der Waals surface area (Å²) in [4.78, 5) is 0. The van der Waals surface area contributed by atoms with Gasteiger partial charge in [0.25, 0.3) is 0 Å². The second-order valence-electron chi connectivity index (χ2n) is 6.35. The van der Waals surface area contributed by atoms with Gasteiger partial charge in [-0.25, -0.2) is 0 Å². The van der Waals surface area contributed by atoms with E-state index in [1.807, 2.05) is 6.07 Å². The number of halogens is 7. The Labute approximate surface area is 298 Å². The number of hydrogen-bond acceptors (Lipinski definition) is 6. The van der Waals surface area contributed by atoms with Crippen LogP contribution in [0.3, 0.4) is 0 Å². The standard InChI is InChI=1S/C11H13I3O3.C7H5I3O.C4H9BrO2/c1-15-10(16-2)6-17-5-7-3-8(12)4-9(13)11(7)14;8-5-1-4(3-11)7(10)6(9)2-5;1-6-4(3-5)7-2/h3-4,10H,5-6H2,1-2H3;1-2,11H,3H2;4H,3H2,1-2H3. The average molecular weight is 1230 g/mol. The average Bonchev–Trinajstić information content (AvgIpc) is 2.84. The van der Waals surface area contributed by atoms with Crippen molar-refractivity contribution in [3.63, 3.8) is 0 Å². The van der Waals surface area contributed by atoms with E-state index in [-0.39, 0.29) is 19.2 Å².